The van der Waals surface area contributed by atoms with Gasteiger partial charge < -0.3 is 15.8 Å². The van der Waals surface area contributed by atoms with E-state index in [4.69, 9.17) is 10.5 Å². The van der Waals surface area contributed by atoms with Gasteiger partial charge >= 0.3 is 5.97 Å². The molecule has 0 aliphatic heterocycles. The average Bonchev–Trinajstić information content (AvgIpc) is 2.77. The van der Waals surface area contributed by atoms with Crippen LogP contribution in [0.15, 0.2) is 36.4 Å². The predicted molar refractivity (Wildman–Crippen MR) is 114 cm³/mol. The number of ketones is 2. The van der Waals surface area contributed by atoms with Gasteiger partial charge in [0.15, 0.2) is 18.2 Å². The van der Waals surface area contributed by atoms with Gasteiger partial charge in [-0.15, -0.1) is 0 Å². The minimum atomic E-state index is -0.814. The summed E-state index contributed by atoms with van der Waals surface area (Å²) in [5, 5.41) is 2.92. The van der Waals surface area contributed by atoms with Crippen LogP contribution in [0.1, 0.15) is 74.8 Å². The molecule has 31 heavy (non-hydrogen) atoms. The van der Waals surface area contributed by atoms with Crippen molar-refractivity contribution in [1.29, 1.82) is 0 Å². The molecule has 2 aliphatic carbocycles. The van der Waals surface area contributed by atoms with Crippen LogP contribution >= 0.6 is 0 Å². The fraction of sp³-hybridized carbons (Fsp3) is 0.333. The molecule has 1 fully saturated rings. The minimum Gasteiger partial charge on any atom is -0.452 e. The molecule has 2 aliphatic rings. The number of hydrogen-bond donors (Lipinski definition) is 2. The molecule has 0 aromatic heterocycles. The smallest absolute Gasteiger partial charge is 0.340 e. The normalized spacial score (nSPS) is 19.9. The number of amides is 1. The summed E-state index contributed by atoms with van der Waals surface area (Å²) in [4.78, 5) is 50.5. The summed E-state index contributed by atoms with van der Waals surface area (Å²) >= 11 is 0. The van der Waals surface area contributed by atoms with Crippen molar-refractivity contribution in [3.05, 3.63) is 64.2 Å². The Balaban J connectivity index is 1.49. The highest BCUT2D eigenvalue weighted by molar-refractivity contribution is 6.30. The Morgan fingerprint density at radius 2 is 1.68 bits per heavy atom. The molecular formula is C24H24N2O5. The van der Waals surface area contributed by atoms with Crippen molar-refractivity contribution in [3.8, 4) is 0 Å². The Morgan fingerprint density at radius 3 is 2.39 bits per heavy atom. The molecule has 160 valence electrons. The summed E-state index contributed by atoms with van der Waals surface area (Å²) in [5.41, 5.74) is 6.67. The number of nitrogens with two attached hydrogens (primary N) is 1. The van der Waals surface area contributed by atoms with Gasteiger partial charge in [0, 0.05) is 22.7 Å². The Hall–Kier alpha value is -3.48. The molecule has 7 heteroatoms. The summed E-state index contributed by atoms with van der Waals surface area (Å²) in [6.07, 6.45) is 4.20. The summed E-state index contributed by atoms with van der Waals surface area (Å²) in [6.45, 7) is 1.66. The Morgan fingerprint density at radius 1 is 1.00 bits per heavy atom. The number of rotatable bonds is 4. The van der Waals surface area contributed by atoms with E-state index in [9.17, 15) is 19.2 Å². The van der Waals surface area contributed by atoms with E-state index in [-0.39, 0.29) is 45.7 Å². The number of nitrogens with one attached hydrogen (secondary N) is 1. The van der Waals surface area contributed by atoms with E-state index in [0.29, 0.717) is 11.5 Å². The fourth-order valence-corrected chi connectivity index (χ4v) is 4.38. The van der Waals surface area contributed by atoms with E-state index in [0.717, 1.165) is 25.7 Å². The molecule has 2 aromatic carbocycles. The van der Waals surface area contributed by atoms with E-state index in [1.165, 1.54) is 12.1 Å². The van der Waals surface area contributed by atoms with Gasteiger partial charge in [-0.05, 0) is 30.9 Å². The predicted octanol–water partition coefficient (Wildman–Crippen LogP) is 2.90. The van der Waals surface area contributed by atoms with Crippen LogP contribution in [0, 0.1) is 5.92 Å². The fourth-order valence-electron chi connectivity index (χ4n) is 4.38. The van der Waals surface area contributed by atoms with Crippen LogP contribution in [0.4, 0.5) is 5.69 Å². The van der Waals surface area contributed by atoms with Crippen LogP contribution in [0.3, 0.4) is 0 Å². The zero-order valence-electron chi connectivity index (χ0n) is 17.3. The first-order chi connectivity index (χ1) is 14.9. The largest absolute Gasteiger partial charge is 0.452 e. The van der Waals surface area contributed by atoms with E-state index in [2.05, 4.69) is 12.2 Å². The molecule has 2 aromatic rings. The van der Waals surface area contributed by atoms with Gasteiger partial charge in [-0.3, -0.25) is 14.4 Å². The van der Waals surface area contributed by atoms with Gasteiger partial charge in [-0.2, -0.15) is 0 Å². The highest BCUT2D eigenvalue weighted by Gasteiger charge is 2.33. The third kappa shape index (κ3) is 3.83. The molecule has 0 saturated heterocycles. The van der Waals surface area contributed by atoms with Crippen molar-refractivity contribution in [2.45, 2.75) is 38.6 Å². The van der Waals surface area contributed by atoms with E-state index < -0.39 is 18.4 Å². The first kappa shape index (κ1) is 20.8. The Bertz CT molecular complexity index is 1090. The lowest BCUT2D eigenvalue weighted by molar-refractivity contribution is -0.125. The average molecular weight is 420 g/mol. The zero-order valence-corrected chi connectivity index (χ0v) is 17.3. The van der Waals surface area contributed by atoms with E-state index in [1.807, 2.05) is 0 Å². The molecule has 1 amide bonds. The monoisotopic (exact) mass is 420 g/mol. The maximum absolute atomic E-state index is 12.9. The van der Waals surface area contributed by atoms with Crippen LogP contribution in [-0.4, -0.2) is 36.1 Å². The second-order valence-corrected chi connectivity index (χ2v) is 8.17. The van der Waals surface area contributed by atoms with E-state index >= 15 is 0 Å². The number of esters is 1. The SMILES string of the molecule is C[C@@H]1CCCC[C@H]1NC(=O)COC(=O)c1ccc2c(c1N)C(=O)c1ccccc1C2=O. The summed E-state index contributed by atoms with van der Waals surface area (Å²) in [7, 11) is 0. The van der Waals surface area contributed by atoms with Crippen molar-refractivity contribution >= 4 is 29.1 Å². The second kappa shape index (κ2) is 8.34. The first-order valence-electron chi connectivity index (χ1n) is 10.5. The van der Waals surface area contributed by atoms with Gasteiger partial charge in [0.1, 0.15) is 0 Å². The molecule has 0 spiro atoms. The van der Waals surface area contributed by atoms with Crippen molar-refractivity contribution < 1.29 is 23.9 Å². The Kier molecular flexibility index (Phi) is 5.59. The van der Waals surface area contributed by atoms with Gasteiger partial charge in [0.25, 0.3) is 5.91 Å². The first-order valence-corrected chi connectivity index (χ1v) is 10.5. The highest BCUT2D eigenvalue weighted by atomic mass is 16.5. The van der Waals surface area contributed by atoms with Crippen LogP contribution in [0.25, 0.3) is 0 Å². The molecule has 0 unspecified atom stereocenters. The van der Waals surface area contributed by atoms with Gasteiger partial charge in [0.05, 0.1) is 16.8 Å². The number of nitrogen functional groups attached to an aromatic ring is 1. The van der Waals surface area contributed by atoms with Crippen LogP contribution in [0.5, 0.6) is 0 Å². The molecule has 1 saturated carbocycles. The number of carbonyl (C=O) groups is 4. The van der Waals surface area contributed by atoms with Gasteiger partial charge in [-0.1, -0.05) is 44.0 Å². The quantitative estimate of drug-likeness (QED) is 0.495. The Labute approximate surface area is 180 Å². The van der Waals surface area contributed by atoms with Crippen molar-refractivity contribution in [2.24, 2.45) is 5.92 Å². The van der Waals surface area contributed by atoms with Crippen LogP contribution in [-0.2, 0) is 9.53 Å². The molecule has 0 heterocycles. The van der Waals surface area contributed by atoms with Gasteiger partial charge in [0.2, 0.25) is 0 Å². The molecule has 0 radical (unpaired) electrons. The zero-order chi connectivity index (χ0) is 22.1. The molecule has 2 atom stereocenters. The van der Waals surface area contributed by atoms with Crippen LogP contribution in [0.2, 0.25) is 0 Å². The van der Waals surface area contributed by atoms with Crippen LogP contribution < -0.4 is 11.1 Å². The van der Waals surface area contributed by atoms with Crippen molar-refractivity contribution in [2.75, 3.05) is 12.3 Å². The van der Waals surface area contributed by atoms with Gasteiger partial charge in [-0.25, -0.2) is 4.79 Å². The molecule has 4 rings (SSSR count). The standard InChI is InChI=1S/C24H24N2O5/c1-13-6-2-5-9-18(13)26-19(27)12-31-24(30)17-11-10-16-20(21(17)25)23(29)15-8-4-3-7-14(15)22(16)28/h3-4,7-8,10-11,13,18H,2,5-6,9,12,25H2,1H3,(H,26,27)/t13-,18-/m1/s1. The number of fused-ring (bicyclic) bond motifs is 2. The molecular weight excluding hydrogens is 396 g/mol. The molecule has 3 N–H and O–H groups in total. The molecule has 0 bridgehead atoms. The summed E-state index contributed by atoms with van der Waals surface area (Å²) < 4.78 is 5.14. The number of carbonyl (C=O) groups excluding carboxylic acids is 4. The number of anilines is 1. The molecule has 7 nitrogen and oxygen atoms in total. The third-order valence-electron chi connectivity index (χ3n) is 6.15. The topological polar surface area (TPSA) is 116 Å². The highest BCUT2D eigenvalue weighted by Crippen LogP contribution is 2.33. The maximum atomic E-state index is 12.9. The third-order valence-corrected chi connectivity index (χ3v) is 6.15. The van der Waals surface area contributed by atoms with Crippen molar-refractivity contribution in [3.63, 3.8) is 0 Å². The summed E-state index contributed by atoms with van der Waals surface area (Å²) in [5.74, 6) is -1.54. The maximum Gasteiger partial charge on any atom is 0.340 e. The lowest BCUT2D eigenvalue weighted by atomic mass is 9.82. The lowest BCUT2D eigenvalue weighted by Gasteiger charge is -2.29. The number of benzene rings is 2. The number of hydrogen-bond acceptors (Lipinski definition) is 6. The summed E-state index contributed by atoms with van der Waals surface area (Å²) in [6, 6.07) is 9.33. The minimum absolute atomic E-state index is 0.00127. The van der Waals surface area contributed by atoms with E-state index in [1.54, 1.807) is 24.3 Å². The number of ether oxygens (including phenoxy) is 1. The second-order valence-electron chi connectivity index (χ2n) is 8.17. The van der Waals surface area contributed by atoms with Crippen molar-refractivity contribution in [1.82, 2.24) is 5.32 Å². The lowest BCUT2D eigenvalue weighted by Crippen LogP contribution is -2.42.